The molecule has 2 aromatic carbocycles. The van der Waals surface area contributed by atoms with Gasteiger partial charge in [-0.3, -0.25) is 14.4 Å². The van der Waals surface area contributed by atoms with Crippen molar-refractivity contribution in [2.75, 3.05) is 17.2 Å². The lowest BCUT2D eigenvalue weighted by Gasteiger charge is -2.08. The lowest BCUT2D eigenvalue weighted by atomic mass is 10.2. The average Bonchev–Trinajstić information content (AvgIpc) is 3.19. The topological polar surface area (TPSA) is 120 Å². The third-order valence-corrected chi connectivity index (χ3v) is 4.44. The van der Waals surface area contributed by atoms with Gasteiger partial charge in [0.2, 0.25) is 5.91 Å². The lowest BCUT2D eigenvalue weighted by Crippen LogP contribution is -2.21. The quantitative estimate of drug-likeness (QED) is 0.439. The molecule has 0 aliphatic rings. The minimum absolute atomic E-state index is 0.0209. The Balaban J connectivity index is 1.32. The predicted octanol–water partition coefficient (Wildman–Crippen LogP) is 4.37. The zero-order valence-corrected chi connectivity index (χ0v) is 18.4. The van der Waals surface area contributed by atoms with Crippen molar-refractivity contribution in [3.63, 3.8) is 0 Å². The fraction of sp³-hybridized carbons (Fsp3) is 0.250. The first-order valence-electron chi connectivity index (χ1n) is 10.4. The second-order valence-corrected chi connectivity index (χ2v) is 7.37. The van der Waals surface area contributed by atoms with E-state index in [1.165, 1.54) is 0 Å². The van der Waals surface area contributed by atoms with Crippen molar-refractivity contribution in [1.29, 1.82) is 0 Å². The number of hydrogen-bond acceptors (Lipinski definition) is 7. The van der Waals surface area contributed by atoms with Crippen LogP contribution in [0.15, 0.2) is 59.1 Å². The second kappa shape index (κ2) is 11.5. The van der Waals surface area contributed by atoms with Crippen molar-refractivity contribution >= 4 is 29.3 Å². The van der Waals surface area contributed by atoms with Crippen molar-refractivity contribution in [3.05, 3.63) is 65.9 Å². The summed E-state index contributed by atoms with van der Waals surface area (Å²) in [5, 5.41) is 8.83. The van der Waals surface area contributed by atoms with E-state index < -0.39 is 18.5 Å². The summed E-state index contributed by atoms with van der Waals surface area (Å²) in [4.78, 5) is 35.6. The zero-order valence-electron chi connectivity index (χ0n) is 18.4. The molecule has 33 heavy (non-hydrogen) atoms. The average molecular weight is 451 g/mol. The summed E-state index contributed by atoms with van der Waals surface area (Å²) in [6.07, 6.45) is 0.456. The first kappa shape index (κ1) is 23.5. The normalized spacial score (nSPS) is 10.4. The largest absolute Gasteiger partial charge is 0.457 e. The molecule has 0 unspecified atom stereocenters. The number of hydrogen-bond donors (Lipinski definition) is 2. The minimum atomic E-state index is -0.563. The van der Waals surface area contributed by atoms with Crippen LogP contribution in [0.4, 0.5) is 11.5 Å². The Hall–Kier alpha value is -4.14. The maximum atomic E-state index is 12.1. The number of esters is 1. The van der Waals surface area contributed by atoms with Gasteiger partial charge in [-0.05, 0) is 56.7 Å². The van der Waals surface area contributed by atoms with Gasteiger partial charge in [0.1, 0.15) is 17.3 Å². The van der Waals surface area contributed by atoms with Crippen molar-refractivity contribution in [1.82, 2.24) is 5.16 Å². The van der Waals surface area contributed by atoms with Gasteiger partial charge in [0.05, 0.1) is 0 Å². The predicted molar refractivity (Wildman–Crippen MR) is 121 cm³/mol. The number of carbonyl (C=O) groups is 3. The number of nitrogens with one attached hydrogen (secondary N) is 2. The number of anilines is 2. The Morgan fingerprint density at radius 3 is 2.18 bits per heavy atom. The molecule has 3 rings (SSSR count). The van der Waals surface area contributed by atoms with Crippen LogP contribution in [0.3, 0.4) is 0 Å². The van der Waals surface area contributed by atoms with Gasteiger partial charge in [-0.25, -0.2) is 0 Å². The Morgan fingerprint density at radius 1 is 0.879 bits per heavy atom. The summed E-state index contributed by atoms with van der Waals surface area (Å²) in [7, 11) is 0. The Morgan fingerprint density at radius 2 is 1.55 bits per heavy atom. The summed E-state index contributed by atoms with van der Waals surface area (Å²) in [6, 6.07) is 16.3. The van der Waals surface area contributed by atoms with Gasteiger partial charge < -0.3 is 24.6 Å². The number of rotatable bonds is 10. The standard InChI is InChI=1S/C24H25N3O6/c1-16-6-10-19(11-7-16)32-20-12-8-18(9-13-20)25-22(28)4-3-5-24(30)31-15-23(29)26-21-14-17(2)33-27-21/h6-14H,3-5,15H2,1-2H3,(H,25,28)(H,26,27,29). The van der Waals surface area contributed by atoms with Crippen LogP contribution in [0.2, 0.25) is 0 Å². The third kappa shape index (κ3) is 8.13. The van der Waals surface area contributed by atoms with Gasteiger partial charge in [0.25, 0.3) is 5.91 Å². The van der Waals surface area contributed by atoms with Crippen LogP contribution in [0.25, 0.3) is 0 Å². The summed E-state index contributed by atoms with van der Waals surface area (Å²) in [6.45, 7) is 3.26. The summed E-state index contributed by atoms with van der Waals surface area (Å²) in [5.41, 5.74) is 1.77. The van der Waals surface area contributed by atoms with E-state index in [2.05, 4.69) is 15.8 Å². The molecule has 0 aliphatic heterocycles. The maximum absolute atomic E-state index is 12.1. The number of aryl methyl sites for hydroxylation is 2. The molecule has 0 saturated carbocycles. The molecule has 0 radical (unpaired) electrons. The molecule has 172 valence electrons. The molecule has 2 N–H and O–H groups in total. The monoisotopic (exact) mass is 451 g/mol. The van der Waals surface area contributed by atoms with Gasteiger partial charge in [0.15, 0.2) is 12.4 Å². The van der Waals surface area contributed by atoms with E-state index in [1.807, 2.05) is 31.2 Å². The van der Waals surface area contributed by atoms with E-state index in [9.17, 15) is 14.4 Å². The van der Waals surface area contributed by atoms with E-state index in [0.29, 0.717) is 23.6 Å². The fourth-order valence-electron chi connectivity index (χ4n) is 2.79. The molecule has 0 bridgehead atoms. The molecule has 3 aromatic rings. The third-order valence-electron chi connectivity index (χ3n) is 4.44. The highest BCUT2D eigenvalue weighted by Crippen LogP contribution is 2.23. The minimum Gasteiger partial charge on any atom is -0.457 e. The molecule has 9 heteroatoms. The van der Waals surface area contributed by atoms with E-state index in [1.54, 1.807) is 37.3 Å². The molecule has 0 fully saturated rings. The summed E-state index contributed by atoms with van der Waals surface area (Å²) < 4.78 is 15.5. The summed E-state index contributed by atoms with van der Waals surface area (Å²) >= 11 is 0. The highest BCUT2D eigenvalue weighted by Gasteiger charge is 2.11. The van der Waals surface area contributed by atoms with E-state index in [-0.39, 0.29) is 24.6 Å². The molecule has 0 aliphatic carbocycles. The van der Waals surface area contributed by atoms with Crippen LogP contribution in [-0.2, 0) is 19.1 Å². The van der Waals surface area contributed by atoms with E-state index in [4.69, 9.17) is 14.0 Å². The smallest absolute Gasteiger partial charge is 0.306 e. The van der Waals surface area contributed by atoms with Crippen LogP contribution in [0.5, 0.6) is 11.5 Å². The zero-order chi connectivity index (χ0) is 23.6. The number of aromatic nitrogens is 1. The Kier molecular flexibility index (Phi) is 8.18. The fourth-order valence-corrected chi connectivity index (χ4v) is 2.79. The first-order valence-corrected chi connectivity index (χ1v) is 10.4. The van der Waals surface area contributed by atoms with Crippen molar-refractivity contribution < 1.29 is 28.4 Å². The van der Waals surface area contributed by atoms with Gasteiger partial charge in [-0.2, -0.15) is 0 Å². The molecule has 1 aromatic heterocycles. The molecule has 2 amide bonds. The molecule has 0 atom stereocenters. The van der Waals surface area contributed by atoms with E-state index in [0.717, 1.165) is 11.3 Å². The van der Waals surface area contributed by atoms with Crippen molar-refractivity contribution in [3.8, 4) is 11.5 Å². The molecule has 0 spiro atoms. The van der Waals surface area contributed by atoms with Gasteiger partial charge in [-0.15, -0.1) is 0 Å². The van der Waals surface area contributed by atoms with Crippen LogP contribution in [0.1, 0.15) is 30.6 Å². The lowest BCUT2D eigenvalue weighted by molar-refractivity contribution is -0.147. The number of amides is 2. The van der Waals surface area contributed by atoms with E-state index >= 15 is 0 Å². The van der Waals surface area contributed by atoms with Crippen molar-refractivity contribution in [2.24, 2.45) is 0 Å². The van der Waals surface area contributed by atoms with Crippen molar-refractivity contribution in [2.45, 2.75) is 33.1 Å². The Labute approximate surface area is 191 Å². The van der Waals surface area contributed by atoms with Gasteiger partial charge >= 0.3 is 5.97 Å². The number of ether oxygens (including phenoxy) is 2. The first-order chi connectivity index (χ1) is 15.9. The SMILES string of the molecule is Cc1ccc(Oc2ccc(NC(=O)CCCC(=O)OCC(=O)Nc3cc(C)on3)cc2)cc1. The van der Waals surface area contributed by atoms with Crippen LogP contribution < -0.4 is 15.4 Å². The highest BCUT2D eigenvalue weighted by atomic mass is 16.5. The number of benzene rings is 2. The van der Waals surface area contributed by atoms with Crippen LogP contribution in [0, 0.1) is 13.8 Å². The molecule has 0 saturated heterocycles. The van der Waals surface area contributed by atoms with Crippen LogP contribution >= 0.6 is 0 Å². The number of carbonyl (C=O) groups excluding carboxylic acids is 3. The second-order valence-electron chi connectivity index (χ2n) is 7.37. The molecule has 1 heterocycles. The summed E-state index contributed by atoms with van der Waals surface area (Å²) in [5.74, 6) is 0.870. The van der Waals surface area contributed by atoms with Gasteiger partial charge in [-0.1, -0.05) is 22.9 Å². The highest BCUT2D eigenvalue weighted by molar-refractivity contribution is 5.92. The molecular weight excluding hydrogens is 426 g/mol. The maximum Gasteiger partial charge on any atom is 0.306 e. The molecular formula is C24H25N3O6. The van der Waals surface area contributed by atoms with Gasteiger partial charge in [0, 0.05) is 24.6 Å². The van der Waals surface area contributed by atoms with Crippen LogP contribution in [-0.4, -0.2) is 29.5 Å². The number of nitrogens with zero attached hydrogens (tertiary/aromatic N) is 1. The molecule has 9 nitrogen and oxygen atoms in total. The Bertz CT molecular complexity index is 1090.